The van der Waals surface area contributed by atoms with Gasteiger partial charge < -0.3 is 4.90 Å². The minimum atomic E-state index is -3.52. The van der Waals surface area contributed by atoms with Gasteiger partial charge in [-0.1, -0.05) is 58.4 Å². The van der Waals surface area contributed by atoms with Crippen molar-refractivity contribution in [3.8, 4) is 0 Å². The second kappa shape index (κ2) is 9.91. The van der Waals surface area contributed by atoms with Gasteiger partial charge in [-0.2, -0.15) is 9.41 Å². The Balaban J connectivity index is 1.29. The number of benzene rings is 3. The van der Waals surface area contributed by atoms with E-state index in [1.165, 1.54) is 4.31 Å². The highest BCUT2D eigenvalue weighted by atomic mass is 79.9. The molecule has 7 nitrogen and oxygen atoms in total. The molecular formula is C23H24BrN4O3S+. The highest BCUT2D eigenvalue weighted by Gasteiger charge is 2.31. The van der Waals surface area contributed by atoms with Gasteiger partial charge in [-0.15, -0.1) is 0 Å². The summed E-state index contributed by atoms with van der Waals surface area (Å²) in [5.74, 6) is -0.194. The molecule has 0 radical (unpaired) electrons. The number of amides is 1. The van der Waals surface area contributed by atoms with Crippen molar-refractivity contribution in [3.05, 3.63) is 76.8 Å². The van der Waals surface area contributed by atoms with Crippen LogP contribution in [0.2, 0.25) is 0 Å². The summed E-state index contributed by atoms with van der Waals surface area (Å²) in [5, 5.41) is 6.30. The quantitative estimate of drug-likeness (QED) is 0.386. The molecule has 2 N–H and O–H groups in total. The molecule has 1 fully saturated rings. The van der Waals surface area contributed by atoms with Gasteiger partial charge in [-0.05, 0) is 35.0 Å². The molecule has 3 aromatic carbocycles. The van der Waals surface area contributed by atoms with Crippen molar-refractivity contribution in [3.63, 3.8) is 0 Å². The van der Waals surface area contributed by atoms with E-state index in [4.69, 9.17) is 0 Å². The molecule has 1 saturated heterocycles. The molecule has 1 aliphatic rings. The average molecular weight is 516 g/mol. The first-order chi connectivity index (χ1) is 15.4. The maximum Gasteiger partial charge on any atom is 0.295 e. The van der Waals surface area contributed by atoms with Crippen LogP contribution in [0.5, 0.6) is 0 Å². The smallest absolute Gasteiger partial charge is 0.295 e. The number of hydrogen-bond donors (Lipinski definition) is 2. The largest absolute Gasteiger partial charge is 0.325 e. The molecule has 32 heavy (non-hydrogen) atoms. The lowest BCUT2D eigenvalue weighted by Gasteiger charge is -2.31. The van der Waals surface area contributed by atoms with Crippen LogP contribution in [0.25, 0.3) is 10.8 Å². The molecule has 3 aromatic rings. The van der Waals surface area contributed by atoms with E-state index in [0.717, 1.165) is 25.7 Å². The molecule has 0 bridgehead atoms. The van der Waals surface area contributed by atoms with Crippen LogP contribution in [0, 0.1) is 0 Å². The Morgan fingerprint density at radius 1 is 1.03 bits per heavy atom. The standard InChI is InChI=1S/C23H23BrN4O3S/c24-20-8-10-21(11-9-20)32(30,31)28-14-12-27(13-15-28)17-23(29)26-25-16-19-6-3-5-18-4-1-2-7-22(18)19/h1-11,16H,12-15,17H2,(H,26,29)/p+1/b25-16+. The summed E-state index contributed by atoms with van der Waals surface area (Å²) < 4.78 is 27.9. The maximum absolute atomic E-state index is 12.8. The van der Waals surface area contributed by atoms with E-state index >= 15 is 0 Å². The predicted molar refractivity (Wildman–Crippen MR) is 128 cm³/mol. The molecule has 1 heterocycles. The van der Waals surface area contributed by atoms with E-state index in [1.54, 1.807) is 30.5 Å². The van der Waals surface area contributed by atoms with Crippen molar-refractivity contribution in [2.45, 2.75) is 4.90 Å². The number of halogens is 1. The molecule has 0 aromatic heterocycles. The van der Waals surface area contributed by atoms with Crippen LogP contribution in [-0.2, 0) is 14.8 Å². The summed E-state index contributed by atoms with van der Waals surface area (Å²) in [5.41, 5.74) is 3.52. The normalized spacial score (nSPS) is 15.9. The third kappa shape index (κ3) is 5.24. The number of hydrazone groups is 1. The molecule has 0 spiro atoms. The molecule has 4 rings (SSSR count). The summed E-state index contributed by atoms with van der Waals surface area (Å²) in [6.45, 7) is 2.13. The summed E-state index contributed by atoms with van der Waals surface area (Å²) >= 11 is 3.32. The van der Waals surface area contributed by atoms with E-state index in [2.05, 4.69) is 26.5 Å². The fourth-order valence-electron chi connectivity index (χ4n) is 3.78. The molecule has 0 aliphatic carbocycles. The van der Waals surface area contributed by atoms with Gasteiger partial charge in [-0.25, -0.2) is 13.8 Å². The third-order valence-corrected chi connectivity index (χ3v) is 7.95. The fraction of sp³-hybridized carbons (Fsp3) is 0.217. The van der Waals surface area contributed by atoms with Crippen molar-refractivity contribution < 1.29 is 18.1 Å². The first kappa shape index (κ1) is 22.6. The molecule has 0 atom stereocenters. The topological polar surface area (TPSA) is 83.3 Å². The molecule has 9 heteroatoms. The zero-order chi connectivity index (χ0) is 22.6. The Labute approximate surface area is 195 Å². The maximum atomic E-state index is 12.8. The molecule has 166 valence electrons. The van der Waals surface area contributed by atoms with Crippen LogP contribution in [0.4, 0.5) is 0 Å². The Kier molecular flexibility index (Phi) is 7.00. The lowest BCUT2D eigenvalue weighted by Crippen LogP contribution is -3.15. The number of fused-ring (bicyclic) bond motifs is 1. The Hall–Kier alpha value is -2.59. The third-order valence-electron chi connectivity index (χ3n) is 5.51. The highest BCUT2D eigenvalue weighted by molar-refractivity contribution is 9.10. The molecule has 0 saturated carbocycles. The zero-order valence-electron chi connectivity index (χ0n) is 17.4. The second-order valence-corrected chi connectivity index (χ2v) is 10.5. The van der Waals surface area contributed by atoms with E-state index in [-0.39, 0.29) is 17.3 Å². The zero-order valence-corrected chi connectivity index (χ0v) is 19.8. The van der Waals surface area contributed by atoms with E-state index in [9.17, 15) is 13.2 Å². The number of hydrogen-bond acceptors (Lipinski definition) is 4. The van der Waals surface area contributed by atoms with Crippen molar-refractivity contribution in [2.75, 3.05) is 32.7 Å². The minimum Gasteiger partial charge on any atom is -0.325 e. The van der Waals surface area contributed by atoms with Crippen molar-refractivity contribution in [2.24, 2.45) is 5.10 Å². The summed E-state index contributed by atoms with van der Waals surface area (Å²) in [6, 6.07) is 20.6. The molecular weight excluding hydrogens is 492 g/mol. The van der Waals surface area contributed by atoms with Gasteiger partial charge in [0, 0.05) is 10.0 Å². The fourth-order valence-corrected chi connectivity index (χ4v) is 5.48. The Morgan fingerprint density at radius 2 is 1.72 bits per heavy atom. The van der Waals surface area contributed by atoms with Crippen LogP contribution < -0.4 is 10.3 Å². The van der Waals surface area contributed by atoms with Crippen LogP contribution in [-0.4, -0.2) is 57.6 Å². The van der Waals surface area contributed by atoms with E-state index < -0.39 is 10.0 Å². The van der Waals surface area contributed by atoms with Gasteiger partial charge in [0.1, 0.15) is 0 Å². The lowest BCUT2D eigenvalue weighted by molar-refractivity contribution is -0.895. The van der Waals surface area contributed by atoms with Crippen molar-refractivity contribution in [1.29, 1.82) is 0 Å². The van der Waals surface area contributed by atoms with Gasteiger partial charge in [0.2, 0.25) is 10.0 Å². The number of nitrogens with one attached hydrogen (secondary N) is 2. The number of rotatable bonds is 6. The molecule has 1 amide bonds. The predicted octanol–water partition coefficient (Wildman–Crippen LogP) is 1.64. The monoisotopic (exact) mass is 515 g/mol. The summed E-state index contributed by atoms with van der Waals surface area (Å²) in [4.78, 5) is 13.6. The van der Waals surface area contributed by atoms with Crippen LogP contribution in [0.1, 0.15) is 5.56 Å². The van der Waals surface area contributed by atoms with Gasteiger partial charge in [-0.3, -0.25) is 4.79 Å². The van der Waals surface area contributed by atoms with E-state index in [0.29, 0.717) is 26.2 Å². The highest BCUT2D eigenvalue weighted by Crippen LogP contribution is 2.19. The number of sulfonamides is 1. The van der Waals surface area contributed by atoms with Gasteiger partial charge in [0.25, 0.3) is 5.91 Å². The van der Waals surface area contributed by atoms with E-state index in [1.807, 2.05) is 42.5 Å². The Morgan fingerprint density at radius 3 is 2.47 bits per heavy atom. The SMILES string of the molecule is O=C(C[NH+]1CCN(S(=O)(=O)c2ccc(Br)cc2)CC1)N/N=C/c1cccc2ccccc12. The summed E-state index contributed by atoms with van der Waals surface area (Å²) in [7, 11) is -3.52. The summed E-state index contributed by atoms with van der Waals surface area (Å²) in [6.07, 6.45) is 1.65. The number of nitrogens with zero attached hydrogens (tertiary/aromatic N) is 2. The average Bonchev–Trinajstić information content (AvgIpc) is 2.80. The van der Waals surface area contributed by atoms with Crippen molar-refractivity contribution in [1.82, 2.24) is 9.73 Å². The van der Waals surface area contributed by atoms with Crippen LogP contribution in [0.3, 0.4) is 0 Å². The molecule has 1 aliphatic heterocycles. The first-order valence-corrected chi connectivity index (χ1v) is 12.6. The molecule has 0 unspecified atom stereocenters. The van der Waals surface area contributed by atoms with Gasteiger partial charge in [0.05, 0.1) is 37.3 Å². The number of carbonyl (C=O) groups excluding carboxylic acids is 1. The first-order valence-electron chi connectivity index (χ1n) is 10.3. The second-order valence-electron chi connectivity index (χ2n) is 7.65. The minimum absolute atomic E-state index is 0.194. The van der Waals surface area contributed by atoms with Crippen molar-refractivity contribution >= 4 is 48.8 Å². The van der Waals surface area contributed by atoms with Gasteiger partial charge >= 0.3 is 0 Å². The van der Waals surface area contributed by atoms with Gasteiger partial charge in [0.15, 0.2) is 6.54 Å². The number of carbonyl (C=O) groups is 1. The number of quaternary nitrogens is 1. The lowest BCUT2D eigenvalue weighted by atomic mass is 10.1. The van der Waals surface area contributed by atoms with Crippen LogP contribution in [0.15, 0.2) is 81.2 Å². The Bertz CT molecular complexity index is 1230. The number of piperazine rings is 1. The van der Waals surface area contributed by atoms with Crippen LogP contribution >= 0.6 is 15.9 Å².